The van der Waals surface area contributed by atoms with Crippen molar-refractivity contribution >= 4 is 14.0 Å². The van der Waals surface area contributed by atoms with Crippen LogP contribution in [-0.2, 0) is 29.3 Å². The Kier molecular flexibility index (Phi) is 11.8. The fraction of sp³-hybridized carbons (Fsp3) is 0.406. The van der Waals surface area contributed by atoms with Gasteiger partial charge in [0.15, 0.2) is 0 Å². The third-order valence-corrected chi connectivity index (χ3v) is 8.37. The van der Waals surface area contributed by atoms with Crippen LogP contribution in [-0.4, -0.2) is 61.5 Å². The zero-order chi connectivity index (χ0) is 29.0. The maximum Gasteiger partial charge on any atom is 0.308 e. The number of rotatable bonds is 16. The second-order valence-corrected chi connectivity index (χ2v) is 16.3. The van der Waals surface area contributed by atoms with Crippen LogP contribution in [0.3, 0.4) is 0 Å². The first-order valence-corrected chi connectivity index (χ1v) is 17.2. The first-order valence-electron chi connectivity index (χ1n) is 13.5. The van der Waals surface area contributed by atoms with E-state index in [1.54, 1.807) is 14.2 Å². The Labute approximate surface area is 239 Å². The lowest BCUT2D eigenvalue weighted by Crippen LogP contribution is -2.37. The first-order chi connectivity index (χ1) is 19.2. The number of benzene rings is 3. The molecule has 0 radical (unpaired) electrons. The van der Waals surface area contributed by atoms with Crippen molar-refractivity contribution in [3.05, 3.63) is 95.6 Å². The van der Waals surface area contributed by atoms with E-state index in [0.29, 0.717) is 6.61 Å². The van der Waals surface area contributed by atoms with Crippen LogP contribution < -0.4 is 9.47 Å². The van der Waals surface area contributed by atoms with Gasteiger partial charge in [-0.25, -0.2) is 0 Å². The third kappa shape index (κ3) is 8.66. The van der Waals surface area contributed by atoms with E-state index in [2.05, 4.69) is 19.6 Å². The highest BCUT2D eigenvalue weighted by molar-refractivity contribution is 6.76. The van der Waals surface area contributed by atoms with Crippen LogP contribution in [0, 0.1) is 0 Å². The van der Waals surface area contributed by atoms with Crippen molar-refractivity contribution in [2.75, 3.05) is 41.3 Å². The van der Waals surface area contributed by atoms with Crippen molar-refractivity contribution < 1.29 is 33.2 Å². The topological polar surface area (TPSA) is 72.5 Å². The summed E-state index contributed by atoms with van der Waals surface area (Å²) in [5, 5.41) is 0. The molecule has 0 aliphatic rings. The summed E-state index contributed by atoms with van der Waals surface area (Å²) in [6.45, 7) is 7.69. The molecule has 0 saturated carbocycles. The minimum absolute atomic E-state index is 0.0317. The molecule has 8 heteroatoms. The van der Waals surface area contributed by atoms with Crippen LogP contribution in [0.25, 0.3) is 0 Å². The molecule has 0 spiro atoms. The zero-order valence-corrected chi connectivity index (χ0v) is 25.5. The van der Waals surface area contributed by atoms with E-state index in [4.69, 9.17) is 28.4 Å². The molecule has 0 unspecified atom stereocenters. The molecule has 0 heterocycles. The van der Waals surface area contributed by atoms with Gasteiger partial charge in [0, 0.05) is 14.7 Å². The normalized spacial score (nSPS) is 12.6. The molecule has 0 aliphatic carbocycles. The van der Waals surface area contributed by atoms with Crippen molar-refractivity contribution in [1.82, 2.24) is 0 Å². The van der Waals surface area contributed by atoms with E-state index in [-0.39, 0.29) is 25.8 Å². The fourth-order valence-electron chi connectivity index (χ4n) is 4.31. The summed E-state index contributed by atoms with van der Waals surface area (Å²) in [6.07, 6.45) is -0.553. The van der Waals surface area contributed by atoms with Gasteiger partial charge in [-0.1, -0.05) is 74.2 Å². The Hall–Kier alpha value is -3.17. The van der Waals surface area contributed by atoms with E-state index in [1.165, 1.54) is 7.11 Å². The van der Waals surface area contributed by atoms with Crippen molar-refractivity contribution in [3.8, 4) is 11.5 Å². The van der Waals surface area contributed by atoms with Crippen molar-refractivity contribution in [3.63, 3.8) is 0 Å². The Balaban J connectivity index is 1.98. The van der Waals surface area contributed by atoms with E-state index in [9.17, 15) is 4.79 Å². The van der Waals surface area contributed by atoms with Gasteiger partial charge in [-0.3, -0.25) is 4.79 Å². The maximum absolute atomic E-state index is 12.3. The smallest absolute Gasteiger partial charge is 0.308 e. The summed E-state index contributed by atoms with van der Waals surface area (Å²) in [5.41, 5.74) is 1.70. The Morgan fingerprint density at radius 3 is 1.77 bits per heavy atom. The Morgan fingerprint density at radius 1 is 0.775 bits per heavy atom. The molecule has 0 fully saturated rings. The van der Waals surface area contributed by atoms with Gasteiger partial charge in [0.25, 0.3) is 0 Å². The summed E-state index contributed by atoms with van der Waals surface area (Å²) < 4.78 is 34.5. The summed E-state index contributed by atoms with van der Waals surface area (Å²) in [7, 11) is 3.42. The Bertz CT molecular complexity index is 1110. The molecule has 0 aliphatic heterocycles. The maximum atomic E-state index is 12.3. The van der Waals surface area contributed by atoms with E-state index >= 15 is 0 Å². The van der Waals surface area contributed by atoms with Crippen LogP contribution >= 0.6 is 0 Å². The highest BCUT2D eigenvalue weighted by atomic mass is 28.3. The average molecular weight is 567 g/mol. The molecule has 7 nitrogen and oxygen atoms in total. The second-order valence-electron chi connectivity index (χ2n) is 10.7. The summed E-state index contributed by atoms with van der Waals surface area (Å²) in [6, 6.07) is 26.6. The SMILES string of the molecule is COC(=O)C[C@@H](COC(c1ccccc1)(c1ccc(OC)cc1)c1ccc(OC)cc1)OCOCC[Si](C)(C)C. The van der Waals surface area contributed by atoms with Crippen molar-refractivity contribution in [2.45, 2.75) is 43.8 Å². The molecule has 3 aromatic carbocycles. The van der Waals surface area contributed by atoms with Crippen LogP contribution in [0.5, 0.6) is 11.5 Å². The number of hydrogen-bond acceptors (Lipinski definition) is 7. The third-order valence-electron chi connectivity index (χ3n) is 6.66. The van der Waals surface area contributed by atoms with Gasteiger partial charge in [0.2, 0.25) is 0 Å². The van der Waals surface area contributed by atoms with E-state index in [1.807, 2.05) is 78.9 Å². The highest BCUT2D eigenvalue weighted by Gasteiger charge is 2.39. The molecule has 0 N–H and O–H groups in total. The largest absolute Gasteiger partial charge is 0.497 e. The van der Waals surface area contributed by atoms with Crippen LogP contribution in [0.2, 0.25) is 25.7 Å². The van der Waals surface area contributed by atoms with E-state index in [0.717, 1.165) is 34.2 Å². The lowest BCUT2D eigenvalue weighted by atomic mass is 9.80. The van der Waals surface area contributed by atoms with Crippen LogP contribution in [0.4, 0.5) is 0 Å². The Morgan fingerprint density at radius 2 is 1.30 bits per heavy atom. The number of methoxy groups -OCH3 is 3. The van der Waals surface area contributed by atoms with Gasteiger partial charge in [0.1, 0.15) is 23.9 Å². The van der Waals surface area contributed by atoms with Gasteiger partial charge in [-0.15, -0.1) is 0 Å². The van der Waals surface area contributed by atoms with Gasteiger partial charge in [0.05, 0.1) is 40.5 Å². The number of hydrogen-bond donors (Lipinski definition) is 0. The molecule has 216 valence electrons. The molecule has 40 heavy (non-hydrogen) atoms. The molecule has 3 rings (SSSR count). The lowest BCUT2D eigenvalue weighted by Gasteiger charge is -2.37. The monoisotopic (exact) mass is 566 g/mol. The van der Waals surface area contributed by atoms with Gasteiger partial charge < -0.3 is 28.4 Å². The van der Waals surface area contributed by atoms with Crippen LogP contribution in [0.15, 0.2) is 78.9 Å². The predicted molar refractivity (Wildman–Crippen MR) is 159 cm³/mol. The number of carbonyl (C=O) groups excluding carboxylic acids is 1. The zero-order valence-electron chi connectivity index (χ0n) is 24.5. The van der Waals surface area contributed by atoms with Gasteiger partial charge in [-0.2, -0.15) is 0 Å². The van der Waals surface area contributed by atoms with Crippen molar-refractivity contribution in [1.29, 1.82) is 0 Å². The fourth-order valence-corrected chi connectivity index (χ4v) is 5.07. The quantitative estimate of drug-likeness (QED) is 0.0665. The van der Waals surface area contributed by atoms with Crippen LogP contribution in [0.1, 0.15) is 23.1 Å². The lowest BCUT2D eigenvalue weighted by molar-refractivity contribution is -0.155. The second kappa shape index (κ2) is 15.0. The average Bonchev–Trinajstić information content (AvgIpc) is 2.97. The first kappa shape index (κ1) is 31.4. The molecule has 0 bridgehead atoms. The molecular formula is C32H42O7Si. The van der Waals surface area contributed by atoms with Crippen molar-refractivity contribution in [2.24, 2.45) is 0 Å². The highest BCUT2D eigenvalue weighted by Crippen LogP contribution is 2.42. The summed E-state index contributed by atoms with van der Waals surface area (Å²) in [5.74, 6) is 1.10. The number of esters is 1. The molecule has 3 aromatic rings. The van der Waals surface area contributed by atoms with Gasteiger partial charge in [-0.05, 0) is 47.0 Å². The molecule has 1 atom stereocenters. The van der Waals surface area contributed by atoms with Gasteiger partial charge >= 0.3 is 5.97 Å². The minimum Gasteiger partial charge on any atom is -0.497 e. The summed E-state index contributed by atoms with van der Waals surface area (Å²) in [4.78, 5) is 12.3. The molecule has 0 aromatic heterocycles. The molecular weight excluding hydrogens is 524 g/mol. The molecule has 0 amide bonds. The summed E-state index contributed by atoms with van der Waals surface area (Å²) >= 11 is 0. The predicted octanol–water partition coefficient (Wildman–Crippen LogP) is 6.27. The number of ether oxygens (including phenoxy) is 6. The standard InChI is InChI=1S/C32H42O7Si/c1-34-28-16-12-26(13-17-28)32(25-10-8-7-9-11-25,27-14-18-29(35-2)19-15-27)39-23-30(22-31(33)36-3)38-24-37-20-21-40(4,5)6/h7-19,30H,20-24H2,1-6H3/t30-/m0/s1. The molecule has 0 saturated heterocycles. The minimum atomic E-state index is -1.23. The van der Waals surface area contributed by atoms with E-state index < -0.39 is 19.8 Å². The number of carbonyl (C=O) groups is 1.